The van der Waals surface area contributed by atoms with E-state index in [1.807, 2.05) is 79.7 Å². The lowest BCUT2D eigenvalue weighted by atomic mass is 10.2. The fraction of sp³-hybridized carbons (Fsp3) is 0.316. The van der Waals surface area contributed by atoms with Gasteiger partial charge in [-0.15, -0.1) is 11.8 Å². The predicted molar refractivity (Wildman–Crippen MR) is 101 cm³/mol. The van der Waals surface area contributed by atoms with Crippen LogP contribution in [0.2, 0.25) is 0 Å². The average molecular weight is 344 g/mol. The molecule has 5 heteroatoms. The minimum Gasteiger partial charge on any atom is -0.492 e. The summed E-state index contributed by atoms with van der Waals surface area (Å²) in [5.74, 6) is 0.829. The van der Waals surface area contributed by atoms with E-state index in [0.29, 0.717) is 13.2 Å². The zero-order valence-electron chi connectivity index (χ0n) is 14.4. The molecule has 4 nitrogen and oxygen atoms in total. The molecule has 0 fully saturated rings. The van der Waals surface area contributed by atoms with Gasteiger partial charge in [-0.1, -0.05) is 30.3 Å². The molecule has 0 saturated heterocycles. The van der Waals surface area contributed by atoms with Crippen LogP contribution in [0, 0.1) is 0 Å². The summed E-state index contributed by atoms with van der Waals surface area (Å²) in [4.78, 5) is 15.5. The Balaban J connectivity index is 1.83. The summed E-state index contributed by atoms with van der Waals surface area (Å²) in [5.41, 5.74) is 0.857. The third-order valence-electron chi connectivity index (χ3n) is 3.86. The van der Waals surface area contributed by atoms with Gasteiger partial charge in [0.05, 0.1) is 11.7 Å². The molecule has 128 valence electrons. The SMILES string of the molecule is CSc1ccccc1NC(=O)C(C)N(C)CCOc1ccccc1. The lowest BCUT2D eigenvalue weighted by molar-refractivity contribution is -0.120. The van der Waals surface area contributed by atoms with Crippen molar-refractivity contribution in [3.05, 3.63) is 54.6 Å². The molecule has 0 aliphatic rings. The molecule has 0 bridgehead atoms. The van der Waals surface area contributed by atoms with Crippen molar-refractivity contribution in [1.29, 1.82) is 0 Å². The van der Waals surface area contributed by atoms with E-state index in [2.05, 4.69) is 5.32 Å². The smallest absolute Gasteiger partial charge is 0.241 e. The highest BCUT2D eigenvalue weighted by molar-refractivity contribution is 7.98. The third-order valence-corrected chi connectivity index (χ3v) is 4.66. The lowest BCUT2D eigenvalue weighted by Crippen LogP contribution is -2.41. The minimum absolute atomic E-state index is 0.0151. The van der Waals surface area contributed by atoms with Crippen molar-refractivity contribution in [2.75, 3.05) is 31.8 Å². The topological polar surface area (TPSA) is 41.6 Å². The number of rotatable bonds is 8. The van der Waals surface area contributed by atoms with Gasteiger partial charge in [0.1, 0.15) is 12.4 Å². The highest BCUT2D eigenvalue weighted by atomic mass is 32.2. The molecule has 2 aromatic carbocycles. The number of anilines is 1. The fourth-order valence-electron chi connectivity index (χ4n) is 2.20. The zero-order chi connectivity index (χ0) is 17.4. The number of benzene rings is 2. The second-order valence-corrected chi connectivity index (χ2v) is 6.36. The molecule has 1 atom stereocenters. The van der Waals surface area contributed by atoms with Gasteiger partial charge in [-0.3, -0.25) is 9.69 Å². The van der Waals surface area contributed by atoms with Crippen LogP contribution >= 0.6 is 11.8 Å². The highest BCUT2D eigenvalue weighted by Crippen LogP contribution is 2.24. The number of thioether (sulfide) groups is 1. The Bertz CT molecular complexity index is 649. The van der Waals surface area contributed by atoms with Crippen LogP contribution in [0.25, 0.3) is 0 Å². The largest absolute Gasteiger partial charge is 0.492 e. The second kappa shape index (κ2) is 9.35. The maximum Gasteiger partial charge on any atom is 0.241 e. The molecule has 0 heterocycles. The van der Waals surface area contributed by atoms with E-state index in [-0.39, 0.29) is 11.9 Å². The van der Waals surface area contributed by atoms with Gasteiger partial charge < -0.3 is 10.1 Å². The summed E-state index contributed by atoms with van der Waals surface area (Å²) in [5, 5.41) is 3.01. The van der Waals surface area contributed by atoms with Crippen molar-refractivity contribution in [3.63, 3.8) is 0 Å². The van der Waals surface area contributed by atoms with E-state index in [0.717, 1.165) is 16.3 Å². The molecule has 24 heavy (non-hydrogen) atoms. The Morgan fingerprint density at radius 3 is 2.54 bits per heavy atom. The van der Waals surface area contributed by atoms with Crippen molar-refractivity contribution >= 4 is 23.4 Å². The zero-order valence-corrected chi connectivity index (χ0v) is 15.2. The van der Waals surface area contributed by atoms with Gasteiger partial charge in [0, 0.05) is 11.4 Å². The van der Waals surface area contributed by atoms with Crippen LogP contribution in [-0.4, -0.2) is 43.3 Å². The van der Waals surface area contributed by atoms with Crippen molar-refractivity contribution in [1.82, 2.24) is 4.90 Å². The Morgan fingerprint density at radius 1 is 1.17 bits per heavy atom. The van der Waals surface area contributed by atoms with E-state index in [1.54, 1.807) is 11.8 Å². The number of para-hydroxylation sites is 2. The first-order chi connectivity index (χ1) is 11.6. The second-order valence-electron chi connectivity index (χ2n) is 5.51. The molecular formula is C19H24N2O2S. The summed E-state index contributed by atoms with van der Waals surface area (Å²) in [6, 6.07) is 17.3. The molecule has 1 N–H and O–H groups in total. The van der Waals surface area contributed by atoms with E-state index in [1.165, 1.54) is 0 Å². The van der Waals surface area contributed by atoms with Crippen molar-refractivity contribution in [2.45, 2.75) is 17.9 Å². The van der Waals surface area contributed by atoms with Crippen LogP contribution in [0.1, 0.15) is 6.92 Å². The van der Waals surface area contributed by atoms with E-state index in [4.69, 9.17) is 4.74 Å². The van der Waals surface area contributed by atoms with Gasteiger partial charge in [0.25, 0.3) is 0 Å². The standard InChI is InChI=1S/C19H24N2O2S/c1-15(19(22)20-17-11-7-8-12-18(17)24-3)21(2)13-14-23-16-9-5-4-6-10-16/h4-12,15H,13-14H2,1-3H3,(H,20,22). The van der Waals surface area contributed by atoms with Gasteiger partial charge in [0.15, 0.2) is 0 Å². The molecule has 0 aromatic heterocycles. The summed E-state index contributed by atoms with van der Waals surface area (Å²) in [7, 11) is 1.93. The summed E-state index contributed by atoms with van der Waals surface area (Å²) >= 11 is 1.62. The number of hydrogen-bond donors (Lipinski definition) is 1. The number of carbonyl (C=O) groups is 1. The molecule has 2 rings (SSSR count). The Labute approximate surface area is 148 Å². The number of nitrogens with one attached hydrogen (secondary N) is 1. The number of ether oxygens (including phenoxy) is 1. The summed E-state index contributed by atoms with van der Waals surface area (Å²) < 4.78 is 5.68. The van der Waals surface area contributed by atoms with Gasteiger partial charge in [-0.25, -0.2) is 0 Å². The number of hydrogen-bond acceptors (Lipinski definition) is 4. The minimum atomic E-state index is -0.237. The molecule has 1 amide bonds. The van der Waals surface area contributed by atoms with Gasteiger partial charge >= 0.3 is 0 Å². The normalized spacial score (nSPS) is 12.0. The number of likely N-dealkylation sites (N-methyl/N-ethyl adjacent to an activating group) is 1. The molecule has 0 radical (unpaired) electrons. The Morgan fingerprint density at radius 2 is 1.83 bits per heavy atom. The van der Waals surface area contributed by atoms with Gasteiger partial charge in [-0.05, 0) is 44.5 Å². The van der Waals surface area contributed by atoms with Crippen LogP contribution in [0.4, 0.5) is 5.69 Å². The van der Waals surface area contributed by atoms with Crippen LogP contribution in [0.15, 0.2) is 59.5 Å². The molecule has 1 unspecified atom stereocenters. The number of nitrogens with zero attached hydrogens (tertiary/aromatic N) is 1. The first kappa shape index (κ1) is 18.4. The van der Waals surface area contributed by atoms with Crippen LogP contribution in [-0.2, 0) is 4.79 Å². The fourth-order valence-corrected chi connectivity index (χ4v) is 2.76. The predicted octanol–water partition coefficient (Wildman–Crippen LogP) is 3.75. The first-order valence-corrected chi connectivity index (χ1v) is 9.16. The highest BCUT2D eigenvalue weighted by Gasteiger charge is 2.18. The maximum atomic E-state index is 12.5. The number of amides is 1. The molecule has 2 aromatic rings. The molecule has 0 aliphatic carbocycles. The quantitative estimate of drug-likeness (QED) is 0.741. The van der Waals surface area contributed by atoms with E-state index in [9.17, 15) is 4.79 Å². The van der Waals surface area contributed by atoms with Crippen molar-refractivity contribution in [3.8, 4) is 5.75 Å². The molecular weight excluding hydrogens is 320 g/mol. The van der Waals surface area contributed by atoms with Crippen molar-refractivity contribution in [2.24, 2.45) is 0 Å². The van der Waals surface area contributed by atoms with Crippen molar-refractivity contribution < 1.29 is 9.53 Å². The van der Waals surface area contributed by atoms with Gasteiger partial charge in [-0.2, -0.15) is 0 Å². The Kier molecular flexibility index (Phi) is 7.15. The van der Waals surface area contributed by atoms with Crippen LogP contribution in [0.3, 0.4) is 0 Å². The first-order valence-electron chi connectivity index (χ1n) is 7.93. The van der Waals surface area contributed by atoms with Crippen LogP contribution in [0.5, 0.6) is 5.75 Å². The third kappa shape index (κ3) is 5.28. The lowest BCUT2D eigenvalue weighted by Gasteiger charge is -2.24. The Hall–Kier alpha value is -1.98. The van der Waals surface area contributed by atoms with E-state index >= 15 is 0 Å². The molecule has 0 saturated carbocycles. The summed E-state index contributed by atoms with van der Waals surface area (Å²) in [6.45, 7) is 3.12. The van der Waals surface area contributed by atoms with Gasteiger partial charge in [0.2, 0.25) is 5.91 Å². The van der Waals surface area contributed by atoms with Crippen LogP contribution < -0.4 is 10.1 Å². The monoisotopic (exact) mass is 344 g/mol. The number of carbonyl (C=O) groups excluding carboxylic acids is 1. The molecule has 0 spiro atoms. The maximum absolute atomic E-state index is 12.5. The van der Waals surface area contributed by atoms with E-state index < -0.39 is 0 Å². The average Bonchev–Trinajstić information content (AvgIpc) is 2.62. The molecule has 0 aliphatic heterocycles. The summed E-state index contributed by atoms with van der Waals surface area (Å²) in [6.07, 6.45) is 2.00.